The lowest BCUT2D eigenvalue weighted by Crippen LogP contribution is -2.16. The number of pyridine rings is 1. The van der Waals surface area contributed by atoms with Crippen molar-refractivity contribution in [1.29, 1.82) is 0 Å². The van der Waals surface area contributed by atoms with Crippen LogP contribution in [0.15, 0.2) is 30.5 Å². The van der Waals surface area contributed by atoms with Crippen molar-refractivity contribution in [2.24, 2.45) is 0 Å². The summed E-state index contributed by atoms with van der Waals surface area (Å²) in [5.74, 6) is -0.196. The summed E-state index contributed by atoms with van der Waals surface area (Å²) < 4.78 is 0. The Morgan fingerprint density at radius 3 is 2.68 bits per heavy atom. The number of carboxylic acid groups (broad SMARTS) is 1. The monoisotopic (exact) mass is 258 g/mol. The zero-order valence-corrected chi connectivity index (χ0v) is 11.2. The van der Waals surface area contributed by atoms with E-state index >= 15 is 0 Å². The van der Waals surface area contributed by atoms with E-state index in [2.05, 4.69) is 24.1 Å². The largest absolute Gasteiger partial charge is 0.478 e. The van der Waals surface area contributed by atoms with Crippen LogP contribution < -0.4 is 5.32 Å². The van der Waals surface area contributed by atoms with Gasteiger partial charge in [-0.3, -0.25) is 0 Å². The average molecular weight is 258 g/mol. The lowest BCUT2D eigenvalue weighted by molar-refractivity contribution is 0.0698. The molecule has 1 unspecified atom stereocenters. The van der Waals surface area contributed by atoms with Gasteiger partial charge in [-0.15, -0.1) is 0 Å². The molecule has 1 aromatic heterocycles. The predicted molar refractivity (Wildman–Crippen MR) is 76.7 cm³/mol. The van der Waals surface area contributed by atoms with Gasteiger partial charge >= 0.3 is 5.97 Å². The molecule has 1 heterocycles. The summed E-state index contributed by atoms with van der Waals surface area (Å²) in [6, 6.07) is 7.77. The topological polar surface area (TPSA) is 62.2 Å². The van der Waals surface area contributed by atoms with Gasteiger partial charge in [0.2, 0.25) is 0 Å². The molecule has 100 valence electrons. The first-order chi connectivity index (χ1) is 9.13. The van der Waals surface area contributed by atoms with E-state index in [1.54, 1.807) is 0 Å². The van der Waals surface area contributed by atoms with Crippen molar-refractivity contribution >= 4 is 22.6 Å². The molecule has 0 saturated carbocycles. The van der Waals surface area contributed by atoms with Crippen LogP contribution in [0, 0.1) is 0 Å². The Kier molecular flexibility index (Phi) is 4.00. The molecule has 0 fully saturated rings. The summed E-state index contributed by atoms with van der Waals surface area (Å²) >= 11 is 0. The van der Waals surface area contributed by atoms with Gasteiger partial charge in [-0.05, 0) is 13.3 Å². The number of hydrogen-bond donors (Lipinski definition) is 2. The normalized spacial score (nSPS) is 12.3. The second-order valence-electron chi connectivity index (χ2n) is 4.71. The van der Waals surface area contributed by atoms with Crippen LogP contribution in [0.4, 0.5) is 5.82 Å². The molecule has 4 nitrogen and oxygen atoms in total. The maximum Gasteiger partial charge on any atom is 0.337 e. The van der Waals surface area contributed by atoms with E-state index in [1.807, 2.05) is 24.3 Å². The molecular formula is C15H18N2O2. The fourth-order valence-electron chi connectivity index (χ4n) is 2.22. The molecule has 1 aromatic carbocycles. The highest BCUT2D eigenvalue weighted by molar-refractivity contribution is 6.06. The number of nitrogens with zero attached hydrogens (tertiary/aromatic N) is 1. The van der Waals surface area contributed by atoms with Gasteiger partial charge in [0.1, 0.15) is 5.82 Å². The number of benzene rings is 1. The van der Waals surface area contributed by atoms with E-state index in [9.17, 15) is 9.90 Å². The summed E-state index contributed by atoms with van der Waals surface area (Å²) in [7, 11) is 0. The van der Waals surface area contributed by atoms with Crippen LogP contribution in [0.3, 0.4) is 0 Å². The average Bonchev–Trinajstić information content (AvgIpc) is 2.39. The Hall–Kier alpha value is -2.10. The summed E-state index contributed by atoms with van der Waals surface area (Å²) in [4.78, 5) is 15.4. The van der Waals surface area contributed by atoms with E-state index in [4.69, 9.17) is 0 Å². The molecule has 0 spiro atoms. The number of rotatable bonds is 5. The molecule has 2 rings (SSSR count). The van der Waals surface area contributed by atoms with Crippen LogP contribution >= 0.6 is 0 Å². The van der Waals surface area contributed by atoms with Crippen LogP contribution in [-0.4, -0.2) is 22.1 Å². The number of anilines is 1. The van der Waals surface area contributed by atoms with E-state index in [0.29, 0.717) is 6.04 Å². The smallest absolute Gasteiger partial charge is 0.337 e. The molecule has 0 radical (unpaired) electrons. The highest BCUT2D eigenvalue weighted by Gasteiger charge is 2.13. The lowest BCUT2D eigenvalue weighted by Gasteiger charge is -2.15. The molecular weight excluding hydrogens is 240 g/mol. The first-order valence-electron chi connectivity index (χ1n) is 6.51. The van der Waals surface area contributed by atoms with Crippen LogP contribution in [0.1, 0.15) is 37.0 Å². The Morgan fingerprint density at radius 2 is 2.05 bits per heavy atom. The standard InChI is InChI=1S/C15H18N2O2/c1-3-6-10(2)17-14-12-8-5-4-7-11(12)13(9-16-14)15(18)19/h4-5,7-10H,3,6H2,1-2H3,(H,16,17)(H,18,19). The number of aromatic carboxylic acids is 1. The van der Waals surface area contributed by atoms with Crippen molar-refractivity contribution in [3.8, 4) is 0 Å². The van der Waals surface area contributed by atoms with Crippen LogP contribution in [0.2, 0.25) is 0 Å². The Morgan fingerprint density at radius 1 is 1.37 bits per heavy atom. The molecule has 0 aliphatic carbocycles. The first-order valence-corrected chi connectivity index (χ1v) is 6.51. The molecule has 2 aromatic rings. The zero-order valence-electron chi connectivity index (χ0n) is 11.2. The highest BCUT2D eigenvalue weighted by atomic mass is 16.4. The van der Waals surface area contributed by atoms with E-state index in [1.165, 1.54) is 6.20 Å². The molecule has 0 amide bonds. The van der Waals surface area contributed by atoms with Crippen LogP contribution in [-0.2, 0) is 0 Å². The second-order valence-corrected chi connectivity index (χ2v) is 4.71. The Balaban J connectivity index is 2.46. The van der Waals surface area contributed by atoms with Gasteiger partial charge < -0.3 is 10.4 Å². The molecule has 0 aliphatic rings. The van der Waals surface area contributed by atoms with Gasteiger partial charge in [-0.2, -0.15) is 0 Å². The fourth-order valence-corrected chi connectivity index (χ4v) is 2.22. The summed E-state index contributed by atoms with van der Waals surface area (Å²) in [5, 5.41) is 14.1. The van der Waals surface area contributed by atoms with Crippen molar-refractivity contribution in [2.45, 2.75) is 32.7 Å². The SMILES string of the molecule is CCCC(C)Nc1ncc(C(=O)O)c2ccccc12. The van der Waals surface area contributed by atoms with Gasteiger partial charge in [0.15, 0.2) is 0 Å². The summed E-state index contributed by atoms with van der Waals surface area (Å²) in [6.07, 6.45) is 3.57. The molecule has 0 bridgehead atoms. The third-order valence-corrected chi connectivity index (χ3v) is 3.13. The predicted octanol–water partition coefficient (Wildman–Crippen LogP) is 3.53. The third kappa shape index (κ3) is 2.84. The second kappa shape index (κ2) is 5.69. The molecule has 0 saturated heterocycles. The van der Waals surface area contributed by atoms with Gasteiger partial charge in [-0.1, -0.05) is 37.6 Å². The third-order valence-electron chi connectivity index (χ3n) is 3.13. The molecule has 0 aliphatic heterocycles. The van der Waals surface area contributed by atoms with Crippen molar-refractivity contribution in [2.75, 3.05) is 5.32 Å². The van der Waals surface area contributed by atoms with Crippen LogP contribution in [0.25, 0.3) is 10.8 Å². The van der Waals surface area contributed by atoms with Crippen molar-refractivity contribution < 1.29 is 9.90 Å². The maximum atomic E-state index is 11.2. The molecule has 2 N–H and O–H groups in total. The number of aromatic nitrogens is 1. The minimum atomic E-state index is -0.947. The number of carboxylic acids is 1. The minimum absolute atomic E-state index is 0.240. The summed E-state index contributed by atoms with van der Waals surface area (Å²) in [6.45, 7) is 4.24. The van der Waals surface area contributed by atoms with E-state index < -0.39 is 5.97 Å². The quantitative estimate of drug-likeness (QED) is 0.861. The Bertz CT molecular complexity index is 596. The van der Waals surface area contributed by atoms with Gasteiger partial charge in [-0.25, -0.2) is 9.78 Å². The van der Waals surface area contributed by atoms with Crippen molar-refractivity contribution in [3.63, 3.8) is 0 Å². The number of hydrogen-bond acceptors (Lipinski definition) is 3. The lowest BCUT2D eigenvalue weighted by atomic mass is 10.1. The Labute approximate surface area is 112 Å². The van der Waals surface area contributed by atoms with Crippen molar-refractivity contribution in [1.82, 2.24) is 4.98 Å². The van der Waals surface area contributed by atoms with Crippen molar-refractivity contribution in [3.05, 3.63) is 36.0 Å². The number of fused-ring (bicyclic) bond motifs is 1. The van der Waals surface area contributed by atoms with Gasteiger partial charge in [0, 0.05) is 23.0 Å². The highest BCUT2D eigenvalue weighted by Crippen LogP contribution is 2.25. The molecule has 4 heteroatoms. The maximum absolute atomic E-state index is 11.2. The van der Waals surface area contributed by atoms with Gasteiger partial charge in [0.25, 0.3) is 0 Å². The minimum Gasteiger partial charge on any atom is -0.478 e. The fraction of sp³-hybridized carbons (Fsp3) is 0.333. The molecule has 19 heavy (non-hydrogen) atoms. The van der Waals surface area contributed by atoms with E-state index in [0.717, 1.165) is 29.4 Å². The van der Waals surface area contributed by atoms with E-state index in [-0.39, 0.29) is 5.56 Å². The first kappa shape index (κ1) is 13.3. The molecule has 1 atom stereocenters. The zero-order chi connectivity index (χ0) is 13.8. The number of nitrogens with one attached hydrogen (secondary N) is 1. The van der Waals surface area contributed by atoms with Gasteiger partial charge in [0.05, 0.1) is 5.56 Å². The summed E-state index contributed by atoms with van der Waals surface area (Å²) in [5.41, 5.74) is 0.240. The number of carbonyl (C=O) groups is 1. The van der Waals surface area contributed by atoms with Crippen LogP contribution in [0.5, 0.6) is 0 Å².